The molecule has 0 aliphatic carbocycles. The highest BCUT2D eigenvalue weighted by atomic mass is 32.1. The summed E-state index contributed by atoms with van der Waals surface area (Å²) in [4.78, 5) is 16.7. The first-order valence-corrected chi connectivity index (χ1v) is 3.34. The van der Waals surface area contributed by atoms with Gasteiger partial charge in [-0.25, -0.2) is 0 Å². The smallest absolute Gasteiger partial charge is 0.358 e. The van der Waals surface area contributed by atoms with Crippen LogP contribution in [0.25, 0.3) is 0 Å². The van der Waals surface area contributed by atoms with Crippen molar-refractivity contribution >= 4 is 28.9 Å². The number of thiocarbonyl (C=S) groups is 1. The molecule has 0 aliphatic rings. The van der Waals surface area contributed by atoms with Crippen molar-refractivity contribution in [3.8, 4) is 0 Å². The van der Waals surface area contributed by atoms with E-state index >= 15 is 0 Å². The Morgan fingerprint density at radius 1 is 1.75 bits per heavy atom. The lowest BCUT2D eigenvalue weighted by atomic mass is 10.4. The fraction of sp³-hybridized carbons (Fsp3) is 0. The quantitative estimate of drug-likeness (QED) is 0.301. The topological polar surface area (TPSA) is 68.4 Å². The van der Waals surface area contributed by atoms with Gasteiger partial charge >= 0.3 is 5.82 Å². The second-order valence-electron chi connectivity index (χ2n) is 1.81. The van der Waals surface area contributed by atoms with Crippen LogP contribution in [0, 0.1) is 10.1 Å². The van der Waals surface area contributed by atoms with Gasteiger partial charge in [-0.05, 0) is 34.3 Å². The molecular weight excluding hydrogens is 178 g/mol. The van der Waals surface area contributed by atoms with Gasteiger partial charge in [-0.2, -0.15) is 4.99 Å². The first-order chi connectivity index (χ1) is 5.75. The van der Waals surface area contributed by atoms with Crippen LogP contribution >= 0.6 is 12.2 Å². The average Bonchev–Trinajstić information content (AvgIpc) is 2.05. The monoisotopic (exact) mass is 181 g/mol. The summed E-state index contributed by atoms with van der Waals surface area (Å²) in [6.45, 7) is 0. The zero-order valence-electron chi connectivity index (χ0n) is 5.80. The Labute approximate surface area is 72.9 Å². The van der Waals surface area contributed by atoms with E-state index in [1.54, 1.807) is 6.07 Å². The Balaban J connectivity index is 3.26. The predicted octanol–water partition coefficient (Wildman–Crippen LogP) is 1.72. The Hall–Kier alpha value is -1.65. The highest BCUT2D eigenvalue weighted by molar-refractivity contribution is 7.78. The van der Waals surface area contributed by atoms with Gasteiger partial charge in [-0.3, -0.25) is 0 Å². The van der Waals surface area contributed by atoms with E-state index in [4.69, 9.17) is 0 Å². The number of nitrogens with zero attached hydrogens (tertiary/aromatic N) is 3. The van der Waals surface area contributed by atoms with E-state index in [-0.39, 0.29) is 11.5 Å². The Morgan fingerprint density at radius 2 is 2.50 bits per heavy atom. The van der Waals surface area contributed by atoms with Crippen LogP contribution < -0.4 is 0 Å². The number of aliphatic imine (C=N–C) groups is 1. The van der Waals surface area contributed by atoms with Gasteiger partial charge in [0.05, 0.1) is 5.16 Å². The van der Waals surface area contributed by atoms with Crippen LogP contribution in [0.2, 0.25) is 0 Å². The molecule has 1 aromatic rings. The Bertz CT molecular complexity index is 339. The number of nitro groups is 1. The maximum atomic E-state index is 10.3. The maximum Gasteiger partial charge on any atom is 0.390 e. The molecular formula is C6H3N3O2S. The third-order valence-electron chi connectivity index (χ3n) is 1.11. The molecule has 5 nitrogen and oxygen atoms in total. The van der Waals surface area contributed by atoms with Gasteiger partial charge in [0.15, 0.2) is 5.69 Å². The summed E-state index contributed by atoms with van der Waals surface area (Å²) in [5.74, 6) is -0.310. The largest absolute Gasteiger partial charge is 0.390 e. The first kappa shape index (κ1) is 8.45. The van der Waals surface area contributed by atoms with Crippen LogP contribution in [0.3, 0.4) is 0 Å². The number of isothiocyanates is 1. The molecule has 1 heterocycles. The van der Waals surface area contributed by atoms with Crippen molar-refractivity contribution in [3.63, 3.8) is 0 Å². The number of aromatic nitrogens is 1. The van der Waals surface area contributed by atoms with Crippen molar-refractivity contribution in [2.75, 3.05) is 0 Å². The minimum absolute atomic E-state index is 0.123. The molecule has 1 aromatic heterocycles. The molecule has 0 saturated carbocycles. The Kier molecular flexibility index (Phi) is 2.57. The number of rotatable bonds is 2. The summed E-state index contributed by atoms with van der Waals surface area (Å²) in [6.07, 6.45) is 1.32. The van der Waals surface area contributed by atoms with Crippen molar-refractivity contribution < 1.29 is 4.92 Å². The molecule has 6 heteroatoms. The molecule has 60 valence electrons. The van der Waals surface area contributed by atoms with E-state index in [2.05, 4.69) is 22.2 Å². The summed E-state index contributed by atoms with van der Waals surface area (Å²) in [5.41, 5.74) is 0.123. The van der Waals surface area contributed by atoms with Gasteiger partial charge < -0.3 is 10.1 Å². The SMILES string of the molecule is O=[N+]([O-])c1ncccc1N=C=S. The second kappa shape index (κ2) is 3.66. The van der Waals surface area contributed by atoms with Crippen LogP contribution in [0.1, 0.15) is 0 Å². The molecule has 0 unspecified atom stereocenters. The van der Waals surface area contributed by atoms with Gasteiger partial charge in [-0.15, -0.1) is 0 Å². The number of hydrogen-bond donors (Lipinski definition) is 0. The zero-order chi connectivity index (χ0) is 8.97. The van der Waals surface area contributed by atoms with Gasteiger partial charge in [-0.1, -0.05) is 0 Å². The lowest BCUT2D eigenvalue weighted by Crippen LogP contribution is -1.90. The number of pyridine rings is 1. The normalized spacial score (nSPS) is 8.67. The van der Waals surface area contributed by atoms with Crippen molar-refractivity contribution in [2.24, 2.45) is 4.99 Å². The first-order valence-electron chi connectivity index (χ1n) is 2.93. The zero-order valence-corrected chi connectivity index (χ0v) is 6.61. The molecule has 0 aliphatic heterocycles. The summed E-state index contributed by atoms with van der Waals surface area (Å²) >= 11 is 4.31. The van der Waals surface area contributed by atoms with Crippen LogP contribution in [-0.4, -0.2) is 15.1 Å². The summed E-state index contributed by atoms with van der Waals surface area (Å²) in [5, 5.41) is 12.4. The Morgan fingerprint density at radius 3 is 3.08 bits per heavy atom. The van der Waals surface area contributed by atoms with Crippen LogP contribution in [0.15, 0.2) is 23.3 Å². The minimum atomic E-state index is -0.620. The molecule has 1 rings (SSSR count). The molecule has 0 atom stereocenters. The molecule has 0 spiro atoms. The summed E-state index contributed by atoms with van der Waals surface area (Å²) in [7, 11) is 0. The van der Waals surface area contributed by atoms with Crippen molar-refractivity contribution in [3.05, 3.63) is 28.4 Å². The van der Waals surface area contributed by atoms with Crippen LogP contribution in [0.4, 0.5) is 11.5 Å². The summed E-state index contributed by atoms with van der Waals surface area (Å²) < 4.78 is 0. The highest BCUT2D eigenvalue weighted by Crippen LogP contribution is 2.22. The molecule has 12 heavy (non-hydrogen) atoms. The molecule has 0 aromatic carbocycles. The fourth-order valence-corrected chi connectivity index (χ4v) is 0.764. The molecule has 0 N–H and O–H groups in total. The maximum absolute atomic E-state index is 10.3. The molecule has 0 amide bonds. The van der Waals surface area contributed by atoms with E-state index in [1.807, 2.05) is 5.16 Å². The highest BCUT2D eigenvalue weighted by Gasteiger charge is 2.12. The molecule has 0 bridgehead atoms. The predicted molar refractivity (Wildman–Crippen MR) is 45.6 cm³/mol. The third kappa shape index (κ3) is 1.69. The van der Waals surface area contributed by atoms with Crippen LogP contribution in [0.5, 0.6) is 0 Å². The third-order valence-corrected chi connectivity index (χ3v) is 1.20. The van der Waals surface area contributed by atoms with E-state index < -0.39 is 4.92 Å². The molecule has 0 saturated heterocycles. The van der Waals surface area contributed by atoms with E-state index in [9.17, 15) is 10.1 Å². The van der Waals surface area contributed by atoms with Gasteiger partial charge in [0, 0.05) is 0 Å². The lowest BCUT2D eigenvalue weighted by molar-refractivity contribution is -0.388. The van der Waals surface area contributed by atoms with Gasteiger partial charge in [0.2, 0.25) is 0 Å². The number of hydrogen-bond acceptors (Lipinski definition) is 5. The van der Waals surface area contributed by atoms with Crippen molar-refractivity contribution in [1.29, 1.82) is 0 Å². The minimum Gasteiger partial charge on any atom is -0.358 e. The van der Waals surface area contributed by atoms with Gasteiger partial charge in [0.25, 0.3) is 0 Å². The summed E-state index contributed by atoms with van der Waals surface area (Å²) in [6, 6.07) is 2.99. The lowest BCUT2D eigenvalue weighted by Gasteiger charge is -1.92. The average molecular weight is 181 g/mol. The molecule has 0 radical (unpaired) electrons. The van der Waals surface area contributed by atoms with Crippen LogP contribution in [-0.2, 0) is 0 Å². The van der Waals surface area contributed by atoms with E-state index in [1.165, 1.54) is 12.3 Å². The second-order valence-corrected chi connectivity index (χ2v) is 1.99. The van der Waals surface area contributed by atoms with Crippen molar-refractivity contribution in [2.45, 2.75) is 0 Å². The van der Waals surface area contributed by atoms with Gasteiger partial charge in [0.1, 0.15) is 6.20 Å². The fourth-order valence-electron chi connectivity index (χ4n) is 0.666. The molecule has 0 fully saturated rings. The van der Waals surface area contributed by atoms with E-state index in [0.717, 1.165) is 0 Å². The van der Waals surface area contributed by atoms with E-state index in [0.29, 0.717) is 0 Å². The standard InChI is InChI=1S/C6H3N3O2S/c10-9(11)6-5(8-4-12)2-1-3-7-6/h1-3H. The van der Waals surface area contributed by atoms with Crippen molar-refractivity contribution in [1.82, 2.24) is 4.98 Å².